The highest BCUT2D eigenvalue weighted by atomic mass is 16.5. The number of hydrogen-bond donors (Lipinski definition) is 0. The molecule has 0 aliphatic rings. The zero-order chi connectivity index (χ0) is 29.8. The minimum absolute atomic E-state index is 0.394. The summed E-state index contributed by atoms with van der Waals surface area (Å²) in [5.41, 5.74) is 2.62. The molecule has 0 heterocycles. The van der Waals surface area contributed by atoms with Crippen molar-refractivity contribution in [1.82, 2.24) is 0 Å². The van der Waals surface area contributed by atoms with Crippen LogP contribution in [-0.4, -0.2) is 12.6 Å². The van der Waals surface area contributed by atoms with Gasteiger partial charge in [0.15, 0.2) is 0 Å². The second-order valence-electron chi connectivity index (χ2n) is 11.2. The molecule has 1 unspecified atom stereocenters. The van der Waals surface area contributed by atoms with E-state index in [0.29, 0.717) is 17.1 Å². The van der Waals surface area contributed by atoms with Crippen LogP contribution in [0, 0.1) is 5.92 Å². The number of allylic oxidation sites excluding steroid dienone is 1. The van der Waals surface area contributed by atoms with Crippen LogP contribution in [0.5, 0.6) is 17.2 Å². The number of unbranched alkanes of at least 4 members (excludes halogenated alkanes) is 8. The van der Waals surface area contributed by atoms with E-state index in [4.69, 9.17) is 14.2 Å². The van der Waals surface area contributed by atoms with E-state index in [1.165, 1.54) is 64.2 Å². The fourth-order valence-electron chi connectivity index (χ4n) is 4.70. The maximum atomic E-state index is 12.6. The van der Waals surface area contributed by atoms with Crippen LogP contribution < -0.4 is 14.2 Å². The molecule has 3 rings (SSSR count). The molecule has 4 heteroatoms. The monoisotopic (exact) mass is 570 g/mol. The number of rotatable bonds is 20. The van der Waals surface area contributed by atoms with Crippen molar-refractivity contribution in [2.45, 2.75) is 97.8 Å². The van der Waals surface area contributed by atoms with E-state index in [1.54, 1.807) is 30.5 Å². The number of carbonyl (C=O) groups excluding carboxylic acids is 1. The van der Waals surface area contributed by atoms with Crippen molar-refractivity contribution in [3.63, 3.8) is 0 Å². The van der Waals surface area contributed by atoms with Gasteiger partial charge in [-0.25, -0.2) is 4.79 Å². The molecular weight excluding hydrogens is 520 g/mol. The lowest BCUT2D eigenvalue weighted by Gasteiger charge is -2.10. The van der Waals surface area contributed by atoms with Gasteiger partial charge in [-0.3, -0.25) is 0 Å². The van der Waals surface area contributed by atoms with Gasteiger partial charge in [0.1, 0.15) is 17.2 Å². The minimum Gasteiger partial charge on any atom is -0.494 e. The van der Waals surface area contributed by atoms with Crippen LogP contribution in [0.25, 0.3) is 11.1 Å². The molecule has 0 aromatic heterocycles. The molecule has 1 atom stereocenters. The van der Waals surface area contributed by atoms with Crippen molar-refractivity contribution in [3.05, 3.63) is 90.7 Å². The lowest BCUT2D eigenvalue weighted by atomic mass is 10.0. The Balaban J connectivity index is 1.37. The van der Waals surface area contributed by atoms with Crippen molar-refractivity contribution < 1.29 is 19.0 Å². The maximum Gasteiger partial charge on any atom is 0.343 e. The van der Waals surface area contributed by atoms with E-state index < -0.39 is 5.97 Å². The van der Waals surface area contributed by atoms with Crippen molar-refractivity contribution in [3.8, 4) is 28.4 Å². The molecule has 0 spiro atoms. The number of hydrogen-bond acceptors (Lipinski definition) is 4. The zero-order valence-corrected chi connectivity index (χ0v) is 26.0. The van der Waals surface area contributed by atoms with Crippen LogP contribution in [-0.2, 0) is 0 Å². The topological polar surface area (TPSA) is 44.8 Å². The highest BCUT2D eigenvalue weighted by molar-refractivity contribution is 5.91. The fourth-order valence-corrected chi connectivity index (χ4v) is 4.70. The lowest BCUT2D eigenvalue weighted by Crippen LogP contribution is -2.08. The molecule has 0 radical (unpaired) electrons. The first kappa shape index (κ1) is 33.0. The first-order valence-electron chi connectivity index (χ1n) is 16.1. The second kappa shape index (κ2) is 19.6. The Kier molecular flexibility index (Phi) is 15.4. The summed E-state index contributed by atoms with van der Waals surface area (Å²) in [6.07, 6.45) is 18.7. The smallest absolute Gasteiger partial charge is 0.343 e. The summed E-state index contributed by atoms with van der Waals surface area (Å²) in [6, 6.07) is 22.8. The van der Waals surface area contributed by atoms with Crippen LogP contribution in [0.1, 0.15) is 108 Å². The average Bonchev–Trinajstić information content (AvgIpc) is 3.02. The van der Waals surface area contributed by atoms with E-state index in [-0.39, 0.29) is 0 Å². The van der Waals surface area contributed by atoms with Crippen molar-refractivity contribution in [2.24, 2.45) is 5.92 Å². The van der Waals surface area contributed by atoms with Gasteiger partial charge >= 0.3 is 5.97 Å². The van der Waals surface area contributed by atoms with Crippen molar-refractivity contribution in [1.29, 1.82) is 0 Å². The Morgan fingerprint density at radius 3 is 1.95 bits per heavy atom. The molecule has 0 saturated heterocycles. The average molecular weight is 571 g/mol. The Hall–Kier alpha value is -3.53. The Bertz CT molecular complexity index is 1160. The van der Waals surface area contributed by atoms with Gasteiger partial charge in [0.05, 0.1) is 18.4 Å². The number of carbonyl (C=O) groups is 1. The number of benzene rings is 3. The standard InChI is InChI=1S/C38H50O4/c1-4-6-7-8-9-10-11-14-29-40-36-25-21-34(22-26-36)38(39)42-37-27-19-33(20-28-37)32-17-23-35(24-18-32)41-30-15-12-13-16-31(3)5-2/h14,17-29,31H,4-13,15-16,30H2,1-3H3. The van der Waals surface area contributed by atoms with Crippen LogP contribution in [0.4, 0.5) is 0 Å². The SMILES string of the molecule is CCCCCCCCC=COc1ccc(C(=O)Oc2ccc(-c3ccc(OCCCCCC(C)CC)cc3)cc2)cc1. The molecule has 0 saturated carbocycles. The molecule has 0 aliphatic heterocycles. The van der Waals surface area contributed by atoms with Crippen LogP contribution >= 0.6 is 0 Å². The van der Waals surface area contributed by atoms with E-state index in [2.05, 4.69) is 39.0 Å². The van der Waals surface area contributed by atoms with E-state index in [9.17, 15) is 4.79 Å². The van der Waals surface area contributed by atoms with Gasteiger partial charge in [-0.15, -0.1) is 0 Å². The third kappa shape index (κ3) is 12.5. The second-order valence-corrected chi connectivity index (χ2v) is 11.2. The van der Waals surface area contributed by atoms with Gasteiger partial charge in [0.2, 0.25) is 0 Å². The van der Waals surface area contributed by atoms with Gasteiger partial charge in [0.25, 0.3) is 0 Å². The Morgan fingerprint density at radius 1 is 0.690 bits per heavy atom. The van der Waals surface area contributed by atoms with E-state index in [0.717, 1.165) is 42.2 Å². The van der Waals surface area contributed by atoms with Gasteiger partial charge < -0.3 is 14.2 Å². The lowest BCUT2D eigenvalue weighted by molar-refractivity contribution is 0.0734. The fraction of sp³-hybridized carbons (Fsp3) is 0.447. The summed E-state index contributed by atoms with van der Waals surface area (Å²) in [4.78, 5) is 12.6. The van der Waals surface area contributed by atoms with Crippen LogP contribution in [0.15, 0.2) is 85.1 Å². The maximum absolute atomic E-state index is 12.6. The molecule has 42 heavy (non-hydrogen) atoms. The molecule has 4 nitrogen and oxygen atoms in total. The minimum atomic E-state index is -0.394. The van der Waals surface area contributed by atoms with Gasteiger partial charge in [-0.1, -0.05) is 103 Å². The predicted octanol–water partition coefficient (Wildman–Crippen LogP) is 11.2. The highest BCUT2D eigenvalue weighted by Crippen LogP contribution is 2.25. The summed E-state index contributed by atoms with van der Waals surface area (Å²) in [5.74, 6) is 2.53. The molecule has 0 aliphatic carbocycles. The number of ether oxygens (including phenoxy) is 3. The predicted molar refractivity (Wildman–Crippen MR) is 174 cm³/mol. The molecule has 0 amide bonds. The van der Waals surface area contributed by atoms with Crippen molar-refractivity contribution in [2.75, 3.05) is 6.61 Å². The Morgan fingerprint density at radius 2 is 1.29 bits per heavy atom. The van der Waals surface area contributed by atoms with Gasteiger partial charge in [0, 0.05) is 0 Å². The zero-order valence-electron chi connectivity index (χ0n) is 26.0. The highest BCUT2D eigenvalue weighted by Gasteiger charge is 2.09. The van der Waals surface area contributed by atoms with Crippen molar-refractivity contribution >= 4 is 5.97 Å². The molecule has 3 aromatic rings. The van der Waals surface area contributed by atoms with Gasteiger partial charge in [-0.2, -0.15) is 0 Å². The first-order valence-corrected chi connectivity index (χ1v) is 16.1. The molecule has 0 N–H and O–H groups in total. The summed E-state index contributed by atoms with van der Waals surface area (Å²) in [7, 11) is 0. The third-order valence-electron chi connectivity index (χ3n) is 7.67. The summed E-state index contributed by atoms with van der Waals surface area (Å²) >= 11 is 0. The Labute approximate surface area is 254 Å². The molecule has 0 bridgehead atoms. The first-order chi connectivity index (χ1) is 20.6. The molecular formula is C38H50O4. The number of esters is 1. The summed E-state index contributed by atoms with van der Waals surface area (Å²) in [5, 5.41) is 0. The normalized spacial score (nSPS) is 11.9. The molecule has 3 aromatic carbocycles. The van der Waals surface area contributed by atoms with Crippen LogP contribution in [0.2, 0.25) is 0 Å². The van der Waals surface area contributed by atoms with Crippen LogP contribution in [0.3, 0.4) is 0 Å². The molecule has 226 valence electrons. The summed E-state index contributed by atoms with van der Waals surface area (Å²) in [6.45, 7) is 7.58. The van der Waals surface area contributed by atoms with E-state index >= 15 is 0 Å². The largest absolute Gasteiger partial charge is 0.494 e. The van der Waals surface area contributed by atoms with E-state index in [1.807, 2.05) is 36.4 Å². The quantitative estimate of drug-likeness (QED) is 0.0586. The molecule has 0 fully saturated rings. The van der Waals surface area contributed by atoms with Gasteiger partial charge in [-0.05, 0) is 90.9 Å². The summed E-state index contributed by atoms with van der Waals surface area (Å²) < 4.78 is 17.2. The third-order valence-corrected chi connectivity index (χ3v) is 7.67.